The van der Waals surface area contributed by atoms with Crippen LogP contribution in [0.2, 0.25) is 0 Å². The van der Waals surface area contributed by atoms with Crippen LogP contribution in [0.3, 0.4) is 0 Å². The van der Waals surface area contributed by atoms with Crippen molar-refractivity contribution in [2.75, 3.05) is 6.61 Å². The number of nitrogens with two attached hydrogens (primary N) is 1. The molecule has 1 aliphatic heterocycles. The fourth-order valence-corrected chi connectivity index (χ4v) is 3.36. The number of fused-ring (bicyclic) bond motifs is 1. The molecule has 2 aromatic rings. The SMILES string of the molecule is CCOC(=O)CC1OB(O)c2cc(Oc3nnc(CN)s3)cc(C)c21. The topological polar surface area (TPSA) is 117 Å². The van der Waals surface area contributed by atoms with Crippen molar-refractivity contribution in [1.29, 1.82) is 0 Å². The Morgan fingerprint density at radius 1 is 1.48 bits per heavy atom. The van der Waals surface area contributed by atoms with Gasteiger partial charge in [-0.3, -0.25) is 4.79 Å². The highest BCUT2D eigenvalue weighted by atomic mass is 32.1. The summed E-state index contributed by atoms with van der Waals surface area (Å²) in [5, 5.41) is 19.0. The molecule has 1 unspecified atom stereocenters. The Bertz CT molecular complexity index is 785. The van der Waals surface area contributed by atoms with Gasteiger partial charge in [-0.25, -0.2) is 0 Å². The number of hydrogen-bond donors (Lipinski definition) is 2. The molecule has 1 aromatic carbocycles. The zero-order valence-corrected chi connectivity index (χ0v) is 14.7. The van der Waals surface area contributed by atoms with Gasteiger partial charge in [0.25, 0.3) is 5.19 Å². The van der Waals surface area contributed by atoms with Gasteiger partial charge in [0.1, 0.15) is 10.8 Å². The summed E-state index contributed by atoms with van der Waals surface area (Å²) in [7, 11) is -1.12. The van der Waals surface area contributed by atoms with E-state index in [-0.39, 0.29) is 12.4 Å². The van der Waals surface area contributed by atoms with Gasteiger partial charge in [-0.1, -0.05) is 16.4 Å². The average molecular weight is 363 g/mol. The van der Waals surface area contributed by atoms with Crippen molar-refractivity contribution < 1.29 is 23.9 Å². The molecular formula is C15H18BN3O5S. The lowest BCUT2D eigenvalue weighted by atomic mass is 9.77. The predicted octanol–water partition coefficient (Wildman–Crippen LogP) is 0.810. The van der Waals surface area contributed by atoms with Gasteiger partial charge in [0.15, 0.2) is 0 Å². The van der Waals surface area contributed by atoms with Gasteiger partial charge >= 0.3 is 13.1 Å². The van der Waals surface area contributed by atoms with Gasteiger partial charge in [-0.2, -0.15) is 0 Å². The van der Waals surface area contributed by atoms with Crippen LogP contribution in [0.4, 0.5) is 0 Å². The summed E-state index contributed by atoms with van der Waals surface area (Å²) in [5.74, 6) is 0.144. The monoisotopic (exact) mass is 363 g/mol. The molecule has 0 bridgehead atoms. The number of benzene rings is 1. The van der Waals surface area contributed by atoms with Gasteiger partial charge in [0, 0.05) is 6.54 Å². The van der Waals surface area contributed by atoms with E-state index in [1.807, 2.05) is 13.0 Å². The van der Waals surface area contributed by atoms with Crippen molar-refractivity contribution in [3.63, 3.8) is 0 Å². The van der Waals surface area contributed by atoms with Crippen molar-refractivity contribution in [3.05, 3.63) is 28.3 Å². The normalized spacial score (nSPS) is 16.0. The fraction of sp³-hybridized carbons (Fsp3) is 0.400. The molecule has 0 saturated heterocycles. The van der Waals surface area contributed by atoms with Crippen LogP contribution in [0.15, 0.2) is 12.1 Å². The van der Waals surface area contributed by atoms with Crippen LogP contribution in [0.1, 0.15) is 35.6 Å². The zero-order valence-electron chi connectivity index (χ0n) is 13.9. The maximum atomic E-state index is 11.7. The smallest absolute Gasteiger partial charge is 0.466 e. The van der Waals surface area contributed by atoms with Crippen LogP contribution in [0.5, 0.6) is 10.9 Å². The summed E-state index contributed by atoms with van der Waals surface area (Å²) in [5.41, 5.74) is 7.72. The zero-order chi connectivity index (χ0) is 18.0. The van der Waals surface area contributed by atoms with Crippen LogP contribution >= 0.6 is 11.3 Å². The Morgan fingerprint density at radius 3 is 2.96 bits per heavy atom. The highest BCUT2D eigenvalue weighted by Gasteiger charge is 2.38. The van der Waals surface area contributed by atoms with Crippen molar-refractivity contribution in [2.24, 2.45) is 5.73 Å². The molecule has 10 heteroatoms. The van der Waals surface area contributed by atoms with Crippen LogP contribution in [0.25, 0.3) is 0 Å². The van der Waals surface area contributed by atoms with E-state index in [1.165, 1.54) is 11.3 Å². The summed E-state index contributed by atoms with van der Waals surface area (Å²) >= 11 is 1.26. The van der Waals surface area contributed by atoms with Crippen molar-refractivity contribution in [2.45, 2.75) is 32.9 Å². The number of nitrogens with zero attached hydrogens (tertiary/aromatic N) is 2. The first kappa shape index (κ1) is 17.8. The fourth-order valence-electron chi connectivity index (χ4n) is 2.78. The standard InChI is InChI=1S/C15H18BN3O5S/c1-3-22-13(20)6-11-14-8(2)4-9(5-10(14)16(21)24-11)23-15-19-18-12(7-17)25-15/h4-5,11,21H,3,6-7,17H2,1-2H3. The van der Waals surface area contributed by atoms with Gasteiger partial charge in [0.05, 0.1) is 19.1 Å². The van der Waals surface area contributed by atoms with Crippen molar-refractivity contribution in [3.8, 4) is 10.9 Å². The van der Waals surface area contributed by atoms with Crippen molar-refractivity contribution >= 4 is 29.9 Å². The molecule has 1 aliphatic rings. The Labute approximate surface area is 149 Å². The van der Waals surface area contributed by atoms with E-state index in [4.69, 9.17) is 19.9 Å². The van der Waals surface area contributed by atoms with Gasteiger partial charge in [-0.15, -0.1) is 5.10 Å². The Morgan fingerprint density at radius 2 is 2.28 bits per heavy atom. The maximum absolute atomic E-state index is 11.7. The quantitative estimate of drug-likeness (QED) is 0.572. The second-order valence-electron chi connectivity index (χ2n) is 5.50. The maximum Gasteiger partial charge on any atom is 0.492 e. The molecule has 25 heavy (non-hydrogen) atoms. The summed E-state index contributed by atoms with van der Waals surface area (Å²) in [6, 6.07) is 3.49. The van der Waals surface area contributed by atoms with Crippen molar-refractivity contribution in [1.82, 2.24) is 10.2 Å². The predicted molar refractivity (Wildman–Crippen MR) is 91.7 cm³/mol. The third-order valence-corrected chi connectivity index (χ3v) is 4.58. The van der Waals surface area contributed by atoms with Crippen LogP contribution in [-0.4, -0.2) is 34.9 Å². The average Bonchev–Trinajstić information content (AvgIpc) is 3.13. The van der Waals surface area contributed by atoms with E-state index in [1.54, 1.807) is 13.0 Å². The summed E-state index contributed by atoms with van der Waals surface area (Å²) < 4.78 is 16.2. The Kier molecular flexibility index (Phi) is 5.33. The number of aromatic nitrogens is 2. The van der Waals surface area contributed by atoms with Crippen LogP contribution in [0, 0.1) is 6.92 Å². The molecule has 1 atom stereocenters. The minimum Gasteiger partial charge on any atom is -0.466 e. The molecule has 8 nitrogen and oxygen atoms in total. The second-order valence-corrected chi connectivity index (χ2v) is 6.52. The highest BCUT2D eigenvalue weighted by molar-refractivity contribution is 7.13. The second kappa shape index (κ2) is 7.48. The Hall–Kier alpha value is -2.01. The molecule has 0 spiro atoms. The number of ether oxygens (including phenoxy) is 2. The number of esters is 1. The number of carbonyl (C=O) groups excluding carboxylic acids is 1. The van der Waals surface area contributed by atoms with Gasteiger partial charge in [0.2, 0.25) is 0 Å². The largest absolute Gasteiger partial charge is 0.492 e. The van der Waals surface area contributed by atoms with Gasteiger partial charge < -0.3 is 24.9 Å². The lowest BCUT2D eigenvalue weighted by Crippen LogP contribution is -2.28. The summed E-state index contributed by atoms with van der Waals surface area (Å²) in [4.78, 5) is 11.7. The van der Waals surface area contributed by atoms with E-state index in [2.05, 4.69) is 10.2 Å². The van der Waals surface area contributed by atoms with E-state index in [0.29, 0.717) is 34.6 Å². The first-order chi connectivity index (χ1) is 12.0. The molecule has 2 heterocycles. The number of carbonyl (C=O) groups is 1. The Balaban J connectivity index is 1.83. The van der Waals surface area contributed by atoms with E-state index in [0.717, 1.165) is 11.1 Å². The molecule has 1 aromatic heterocycles. The van der Waals surface area contributed by atoms with E-state index >= 15 is 0 Å². The lowest BCUT2D eigenvalue weighted by Gasteiger charge is -2.14. The molecule has 0 amide bonds. The third kappa shape index (κ3) is 3.82. The number of rotatable bonds is 6. The first-order valence-electron chi connectivity index (χ1n) is 7.85. The molecule has 132 valence electrons. The van der Waals surface area contributed by atoms with Crippen LogP contribution < -0.4 is 15.9 Å². The molecule has 3 rings (SSSR count). The molecule has 3 N–H and O–H groups in total. The molecule has 0 fully saturated rings. The molecule has 0 aliphatic carbocycles. The highest BCUT2D eigenvalue weighted by Crippen LogP contribution is 2.33. The third-order valence-electron chi connectivity index (χ3n) is 3.76. The lowest BCUT2D eigenvalue weighted by molar-refractivity contribution is -0.145. The van der Waals surface area contributed by atoms with E-state index < -0.39 is 13.2 Å². The first-order valence-corrected chi connectivity index (χ1v) is 8.67. The summed E-state index contributed by atoms with van der Waals surface area (Å²) in [6.45, 7) is 4.22. The van der Waals surface area contributed by atoms with E-state index in [9.17, 15) is 9.82 Å². The van der Waals surface area contributed by atoms with Crippen LogP contribution in [-0.2, 0) is 20.7 Å². The minimum absolute atomic E-state index is 0.0508. The van der Waals surface area contributed by atoms with Gasteiger partial charge in [-0.05, 0) is 42.6 Å². The number of aryl methyl sites for hydroxylation is 1. The molecule has 0 radical (unpaired) electrons. The minimum atomic E-state index is -1.12. The number of hydrogen-bond acceptors (Lipinski definition) is 9. The molecular weight excluding hydrogens is 345 g/mol. The summed E-state index contributed by atoms with van der Waals surface area (Å²) in [6.07, 6.45) is -0.488. The molecule has 0 saturated carbocycles.